The van der Waals surface area contributed by atoms with Gasteiger partial charge in [0.25, 0.3) is 0 Å². The lowest BCUT2D eigenvalue weighted by Crippen LogP contribution is -1.99. The van der Waals surface area contributed by atoms with Gasteiger partial charge in [-0.05, 0) is 29.7 Å². The zero-order chi connectivity index (χ0) is 17.9. The molecular weight excluding hydrogens is 348 g/mol. The first-order valence-corrected chi connectivity index (χ1v) is 9.38. The monoisotopic (exact) mass is 368 g/mol. The van der Waals surface area contributed by atoms with Crippen molar-refractivity contribution >= 4 is 33.8 Å². The molecule has 26 heavy (non-hydrogen) atoms. The Morgan fingerprint density at radius 1 is 1.00 bits per heavy atom. The fourth-order valence-electron chi connectivity index (χ4n) is 3.41. The van der Waals surface area contributed by atoms with Crippen molar-refractivity contribution in [1.82, 2.24) is 29.9 Å². The van der Waals surface area contributed by atoms with Gasteiger partial charge in [0.1, 0.15) is 11.2 Å². The van der Waals surface area contributed by atoms with Crippen LogP contribution in [0.2, 0.25) is 5.28 Å². The first-order valence-electron chi connectivity index (χ1n) is 9.01. The molecule has 0 unspecified atom stereocenters. The Hall–Kier alpha value is -2.47. The summed E-state index contributed by atoms with van der Waals surface area (Å²) in [6.07, 6.45) is 10.7. The summed E-state index contributed by atoms with van der Waals surface area (Å²) in [5, 5.41) is 0.180. The number of rotatable bonds is 1. The second-order valence-electron chi connectivity index (χ2n) is 6.82. The first-order chi connectivity index (χ1) is 12.7. The minimum absolute atomic E-state index is 0.180. The molecule has 7 heteroatoms. The van der Waals surface area contributed by atoms with E-state index in [0.717, 1.165) is 33.7 Å². The summed E-state index contributed by atoms with van der Waals surface area (Å²) in [5.41, 5.74) is 4.83. The van der Waals surface area contributed by atoms with E-state index in [2.05, 4.69) is 36.8 Å². The summed E-state index contributed by atoms with van der Waals surface area (Å²) < 4.78 is 0. The van der Waals surface area contributed by atoms with Crippen molar-refractivity contribution in [3.8, 4) is 11.3 Å². The van der Waals surface area contributed by atoms with Crippen molar-refractivity contribution in [2.75, 3.05) is 0 Å². The Morgan fingerprint density at radius 2 is 1.81 bits per heavy atom. The van der Waals surface area contributed by atoms with Crippen molar-refractivity contribution < 1.29 is 0 Å². The lowest BCUT2D eigenvalue weighted by atomic mass is 9.91. The van der Waals surface area contributed by atoms with Gasteiger partial charge in [-0.15, -0.1) is 0 Å². The largest absolute Gasteiger partial charge is 0.345 e. The Balaban J connectivity index is 0.000000204. The van der Waals surface area contributed by atoms with Crippen LogP contribution in [0.15, 0.2) is 30.9 Å². The molecule has 1 aliphatic carbocycles. The summed E-state index contributed by atoms with van der Waals surface area (Å²) in [4.78, 5) is 22.8. The molecule has 0 saturated heterocycles. The number of fused-ring (bicyclic) bond motifs is 2. The topological polar surface area (TPSA) is 83.1 Å². The summed E-state index contributed by atoms with van der Waals surface area (Å²) in [7, 11) is 0. The highest BCUT2D eigenvalue weighted by atomic mass is 35.5. The lowest BCUT2D eigenvalue weighted by molar-refractivity contribution is 0.385. The molecule has 1 aromatic carbocycles. The number of aromatic amines is 2. The molecule has 3 aromatic heterocycles. The number of hydrogen-bond donors (Lipinski definition) is 2. The molecule has 0 amide bonds. The Labute approximate surface area is 156 Å². The fraction of sp³-hybridized carbons (Fsp3) is 0.368. The molecule has 0 atom stereocenters. The van der Waals surface area contributed by atoms with Crippen LogP contribution in [0.1, 0.15) is 39.0 Å². The third-order valence-electron chi connectivity index (χ3n) is 4.85. The fourth-order valence-corrected chi connectivity index (χ4v) is 3.57. The Kier molecular flexibility index (Phi) is 4.84. The van der Waals surface area contributed by atoms with Crippen LogP contribution in [0.25, 0.3) is 33.5 Å². The molecule has 1 saturated carbocycles. The third kappa shape index (κ3) is 3.55. The van der Waals surface area contributed by atoms with Crippen molar-refractivity contribution in [3.63, 3.8) is 0 Å². The maximum atomic E-state index is 5.93. The minimum Gasteiger partial charge on any atom is -0.345 e. The van der Waals surface area contributed by atoms with Crippen LogP contribution in [0.5, 0.6) is 0 Å². The van der Waals surface area contributed by atoms with E-state index in [-0.39, 0.29) is 5.28 Å². The average molecular weight is 369 g/mol. The summed E-state index contributed by atoms with van der Waals surface area (Å²) >= 11 is 5.93. The number of nitrogens with zero attached hydrogens (tertiary/aromatic N) is 4. The molecule has 0 radical (unpaired) electrons. The number of H-pyrrole nitrogens is 2. The predicted molar refractivity (Wildman–Crippen MR) is 104 cm³/mol. The van der Waals surface area contributed by atoms with Crippen LogP contribution in [0.3, 0.4) is 0 Å². The normalized spacial score (nSPS) is 15.2. The second-order valence-corrected chi connectivity index (χ2v) is 7.16. The summed E-state index contributed by atoms with van der Waals surface area (Å²) in [6, 6.07) is 5.85. The van der Waals surface area contributed by atoms with Gasteiger partial charge in [-0.25, -0.2) is 15.0 Å². The molecule has 0 spiro atoms. The highest BCUT2D eigenvalue weighted by Gasteiger charge is 2.11. The molecule has 1 fully saturated rings. The molecule has 4 aromatic rings. The number of aromatic nitrogens is 6. The number of halogens is 1. The molecule has 1 aliphatic rings. The average Bonchev–Trinajstić information content (AvgIpc) is 3.30. The molecular formula is C19H21ClN6. The van der Waals surface area contributed by atoms with E-state index < -0.39 is 0 Å². The van der Waals surface area contributed by atoms with E-state index in [9.17, 15) is 0 Å². The number of hydrogen-bond acceptors (Lipinski definition) is 4. The molecule has 0 aliphatic heterocycles. The quantitative estimate of drug-likeness (QED) is 0.456. The van der Waals surface area contributed by atoms with Crippen LogP contribution < -0.4 is 0 Å². The van der Waals surface area contributed by atoms with Gasteiger partial charge in [-0.2, -0.15) is 4.98 Å². The zero-order valence-electron chi connectivity index (χ0n) is 14.7. The lowest BCUT2D eigenvalue weighted by Gasteiger charge is -2.15. The van der Waals surface area contributed by atoms with Gasteiger partial charge < -0.3 is 9.97 Å². The molecule has 5 rings (SSSR count). The molecule has 2 N–H and O–H groups in total. The highest BCUT2D eigenvalue weighted by molar-refractivity contribution is 6.28. The van der Waals surface area contributed by atoms with Crippen LogP contribution >= 0.6 is 11.6 Å². The number of imidazole rings is 2. The molecule has 134 valence electrons. The number of nitrogens with one attached hydrogen (secondary N) is 2. The van der Waals surface area contributed by atoms with Crippen molar-refractivity contribution in [3.05, 3.63) is 36.1 Å². The van der Waals surface area contributed by atoms with Crippen molar-refractivity contribution in [2.24, 2.45) is 5.92 Å². The maximum absolute atomic E-state index is 5.93. The highest BCUT2D eigenvalue weighted by Crippen LogP contribution is 2.27. The van der Waals surface area contributed by atoms with Crippen molar-refractivity contribution in [1.29, 1.82) is 0 Å². The first kappa shape index (κ1) is 17.0. The van der Waals surface area contributed by atoms with Gasteiger partial charge in [-0.3, -0.25) is 0 Å². The van der Waals surface area contributed by atoms with Gasteiger partial charge in [0.2, 0.25) is 5.28 Å². The minimum atomic E-state index is 0.180. The smallest absolute Gasteiger partial charge is 0.225 e. The second kappa shape index (κ2) is 7.41. The van der Waals surface area contributed by atoms with E-state index in [1.54, 1.807) is 12.7 Å². The summed E-state index contributed by atoms with van der Waals surface area (Å²) in [6.45, 7) is 2.36. The van der Waals surface area contributed by atoms with Gasteiger partial charge in [0, 0.05) is 5.56 Å². The van der Waals surface area contributed by atoms with E-state index in [1.165, 1.54) is 32.1 Å². The maximum Gasteiger partial charge on any atom is 0.225 e. The van der Waals surface area contributed by atoms with E-state index >= 15 is 0 Å². The van der Waals surface area contributed by atoms with E-state index in [4.69, 9.17) is 11.6 Å². The molecule has 0 bridgehead atoms. The van der Waals surface area contributed by atoms with Crippen LogP contribution in [0, 0.1) is 5.92 Å². The van der Waals surface area contributed by atoms with E-state index in [1.807, 2.05) is 18.2 Å². The van der Waals surface area contributed by atoms with Crippen LogP contribution in [-0.4, -0.2) is 29.9 Å². The van der Waals surface area contributed by atoms with Crippen LogP contribution in [0.4, 0.5) is 0 Å². The van der Waals surface area contributed by atoms with Gasteiger partial charge in [0.15, 0.2) is 5.65 Å². The van der Waals surface area contributed by atoms with Gasteiger partial charge in [-0.1, -0.05) is 45.1 Å². The predicted octanol–water partition coefficient (Wildman–Crippen LogP) is 5.14. The molecule has 3 heterocycles. The standard InChI is InChI=1S/C12H7ClN6.C7H14/c13-12-18-9(10-11(19-12)17-5-16-10)6-1-2-7-8(3-6)15-4-14-7;1-7-5-3-2-4-6-7/h1-5H,(H,14,15)(H,16,17,18,19);7H,2-6H2,1H3. The third-order valence-corrected chi connectivity index (χ3v) is 5.01. The number of benzene rings is 1. The Bertz CT molecular complexity index is 1020. The molecule has 6 nitrogen and oxygen atoms in total. The van der Waals surface area contributed by atoms with E-state index in [0.29, 0.717) is 5.65 Å². The van der Waals surface area contributed by atoms with Crippen molar-refractivity contribution in [2.45, 2.75) is 39.0 Å². The zero-order valence-corrected chi connectivity index (χ0v) is 15.4. The SMILES string of the molecule is CC1CCCCC1.Clc1nc(-c2ccc3nc[nH]c3c2)c2[nH]cnc2n1. The van der Waals surface area contributed by atoms with Crippen LogP contribution in [-0.2, 0) is 0 Å². The Morgan fingerprint density at radius 3 is 2.58 bits per heavy atom. The summed E-state index contributed by atoms with van der Waals surface area (Å²) in [5.74, 6) is 1.04. The van der Waals surface area contributed by atoms with Gasteiger partial charge in [0.05, 0.1) is 23.7 Å². The van der Waals surface area contributed by atoms with Gasteiger partial charge >= 0.3 is 0 Å².